The Hall–Kier alpha value is -0.910. The third kappa shape index (κ3) is 4.76. The van der Waals surface area contributed by atoms with Gasteiger partial charge < -0.3 is 5.32 Å². The molecule has 0 atom stereocenters. The van der Waals surface area contributed by atoms with Crippen LogP contribution in [0.25, 0.3) is 0 Å². The quantitative estimate of drug-likeness (QED) is 0.794. The molecule has 1 aromatic rings. The van der Waals surface area contributed by atoms with Crippen molar-refractivity contribution in [1.82, 2.24) is 5.32 Å². The summed E-state index contributed by atoms with van der Waals surface area (Å²) in [7, 11) is -3.58. The molecule has 18 heavy (non-hydrogen) atoms. The summed E-state index contributed by atoms with van der Waals surface area (Å²) in [5.41, 5.74) is 1.06. The van der Waals surface area contributed by atoms with E-state index >= 15 is 0 Å². The predicted molar refractivity (Wildman–Crippen MR) is 73.6 cm³/mol. The SMILES string of the molecule is CCC(CC)CNCc1ccc(S(N)(=O)=O)cc1. The minimum Gasteiger partial charge on any atom is -0.312 e. The zero-order valence-electron chi connectivity index (χ0n) is 11.0. The number of sulfonamides is 1. The summed E-state index contributed by atoms with van der Waals surface area (Å²) in [4.78, 5) is 0.159. The van der Waals surface area contributed by atoms with E-state index in [1.165, 1.54) is 12.8 Å². The van der Waals surface area contributed by atoms with Crippen molar-refractivity contribution in [3.05, 3.63) is 29.8 Å². The van der Waals surface area contributed by atoms with Crippen molar-refractivity contribution >= 4 is 10.0 Å². The predicted octanol–water partition coefficient (Wildman–Crippen LogP) is 1.86. The lowest BCUT2D eigenvalue weighted by molar-refractivity contribution is 0.449. The van der Waals surface area contributed by atoms with Crippen LogP contribution in [0.4, 0.5) is 0 Å². The Morgan fingerprint density at radius 2 is 1.72 bits per heavy atom. The highest BCUT2D eigenvalue weighted by atomic mass is 32.2. The van der Waals surface area contributed by atoms with Crippen molar-refractivity contribution in [1.29, 1.82) is 0 Å². The number of benzene rings is 1. The lowest BCUT2D eigenvalue weighted by Gasteiger charge is -2.13. The lowest BCUT2D eigenvalue weighted by Crippen LogP contribution is -2.21. The number of nitrogens with one attached hydrogen (secondary N) is 1. The van der Waals surface area contributed by atoms with Crippen LogP contribution in [0.5, 0.6) is 0 Å². The Balaban J connectivity index is 2.50. The van der Waals surface area contributed by atoms with Crippen LogP contribution < -0.4 is 10.5 Å². The van der Waals surface area contributed by atoms with Gasteiger partial charge in [-0.1, -0.05) is 38.8 Å². The number of primary sulfonamides is 1. The van der Waals surface area contributed by atoms with Gasteiger partial charge in [0.2, 0.25) is 10.0 Å². The molecule has 0 radical (unpaired) electrons. The highest BCUT2D eigenvalue weighted by Crippen LogP contribution is 2.09. The zero-order chi connectivity index (χ0) is 13.6. The van der Waals surface area contributed by atoms with Gasteiger partial charge in [0, 0.05) is 6.54 Å². The number of rotatable bonds is 7. The molecule has 0 spiro atoms. The summed E-state index contributed by atoms with van der Waals surface area (Å²) in [6.07, 6.45) is 2.35. The molecule has 1 aromatic carbocycles. The average molecular weight is 270 g/mol. The maximum atomic E-state index is 11.1. The van der Waals surface area contributed by atoms with Gasteiger partial charge >= 0.3 is 0 Å². The second-order valence-electron chi connectivity index (χ2n) is 4.50. The summed E-state index contributed by atoms with van der Waals surface area (Å²) >= 11 is 0. The molecule has 1 rings (SSSR count). The standard InChI is InChI=1S/C13H22N2O2S/c1-3-11(4-2)9-15-10-12-5-7-13(8-6-12)18(14,16)17/h5-8,11,15H,3-4,9-10H2,1-2H3,(H2,14,16,17). The van der Waals surface area contributed by atoms with Gasteiger partial charge in [0.05, 0.1) is 4.90 Å². The Morgan fingerprint density at radius 1 is 1.17 bits per heavy atom. The first-order valence-corrected chi connectivity index (χ1v) is 7.84. The third-order valence-corrected chi connectivity index (χ3v) is 4.10. The van der Waals surface area contributed by atoms with E-state index in [-0.39, 0.29) is 4.90 Å². The first-order valence-electron chi connectivity index (χ1n) is 6.29. The number of hydrogen-bond donors (Lipinski definition) is 2. The maximum absolute atomic E-state index is 11.1. The second-order valence-corrected chi connectivity index (χ2v) is 6.06. The van der Waals surface area contributed by atoms with Crippen molar-refractivity contribution in [2.45, 2.75) is 38.1 Å². The Morgan fingerprint density at radius 3 is 2.17 bits per heavy atom. The molecule has 5 heteroatoms. The number of hydrogen-bond acceptors (Lipinski definition) is 3. The van der Waals surface area contributed by atoms with Crippen LogP contribution in [0, 0.1) is 5.92 Å². The van der Waals surface area contributed by atoms with Crippen LogP contribution >= 0.6 is 0 Å². The molecule has 0 heterocycles. The van der Waals surface area contributed by atoms with Gasteiger partial charge in [0.1, 0.15) is 0 Å². The van der Waals surface area contributed by atoms with E-state index in [0.717, 1.165) is 18.7 Å². The fourth-order valence-corrected chi connectivity index (χ4v) is 2.31. The number of nitrogens with two attached hydrogens (primary N) is 1. The summed E-state index contributed by atoms with van der Waals surface area (Å²) < 4.78 is 22.2. The molecule has 0 aliphatic heterocycles. The van der Waals surface area contributed by atoms with Crippen LogP contribution in [0.1, 0.15) is 32.3 Å². The van der Waals surface area contributed by atoms with Gasteiger partial charge in [0.25, 0.3) is 0 Å². The van der Waals surface area contributed by atoms with Crippen LogP contribution in [-0.4, -0.2) is 15.0 Å². The van der Waals surface area contributed by atoms with Gasteiger partial charge in [-0.15, -0.1) is 0 Å². The van der Waals surface area contributed by atoms with E-state index in [1.807, 2.05) is 0 Å². The highest BCUT2D eigenvalue weighted by molar-refractivity contribution is 7.89. The largest absolute Gasteiger partial charge is 0.312 e. The summed E-state index contributed by atoms with van der Waals surface area (Å²) in [6.45, 7) is 6.12. The molecule has 3 N–H and O–H groups in total. The van der Waals surface area contributed by atoms with E-state index in [9.17, 15) is 8.42 Å². The fourth-order valence-electron chi connectivity index (χ4n) is 1.79. The maximum Gasteiger partial charge on any atom is 0.238 e. The first kappa shape index (κ1) is 15.1. The molecule has 0 aliphatic rings. The molecule has 0 fully saturated rings. The lowest BCUT2D eigenvalue weighted by atomic mass is 10.0. The van der Waals surface area contributed by atoms with E-state index < -0.39 is 10.0 Å². The van der Waals surface area contributed by atoms with E-state index in [1.54, 1.807) is 24.3 Å². The molecular formula is C13H22N2O2S. The van der Waals surface area contributed by atoms with Crippen molar-refractivity contribution in [2.24, 2.45) is 11.1 Å². The van der Waals surface area contributed by atoms with Crippen molar-refractivity contribution in [2.75, 3.05) is 6.54 Å². The minimum atomic E-state index is -3.58. The molecule has 4 nitrogen and oxygen atoms in total. The monoisotopic (exact) mass is 270 g/mol. The third-order valence-electron chi connectivity index (χ3n) is 3.17. The topological polar surface area (TPSA) is 72.2 Å². The molecular weight excluding hydrogens is 248 g/mol. The molecule has 0 amide bonds. The Kier molecular flexibility index (Phi) is 5.78. The van der Waals surface area contributed by atoms with E-state index in [2.05, 4.69) is 19.2 Å². The molecule has 102 valence electrons. The van der Waals surface area contributed by atoms with Crippen LogP contribution in [0.3, 0.4) is 0 Å². The van der Waals surface area contributed by atoms with E-state index in [4.69, 9.17) is 5.14 Å². The van der Waals surface area contributed by atoms with Gasteiger partial charge in [-0.2, -0.15) is 0 Å². The molecule has 0 saturated carbocycles. The molecule has 0 aromatic heterocycles. The van der Waals surface area contributed by atoms with Gasteiger partial charge in [-0.3, -0.25) is 0 Å². The summed E-state index contributed by atoms with van der Waals surface area (Å²) in [5, 5.41) is 8.42. The second kappa shape index (κ2) is 6.87. The minimum absolute atomic E-state index is 0.159. The first-order chi connectivity index (χ1) is 8.47. The molecule has 0 aliphatic carbocycles. The summed E-state index contributed by atoms with van der Waals surface area (Å²) in [6, 6.07) is 6.67. The van der Waals surface area contributed by atoms with Gasteiger partial charge in [0.15, 0.2) is 0 Å². The molecule has 0 bridgehead atoms. The van der Waals surface area contributed by atoms with E-state index in [0.29, 0.717) is 5.92 Å². The Bertz CT molecular complexity index is 450. The zero-order valence-corrected chi connectivity index (χ0v) is 11.8. The van der Waals surface area contributed by atoms with Crippen LogP contribution in [0.15, 0.2) is 29.2 Å². The molecule has 0 unspecified atom stereocenters. The smallest absolute Gasteiger partial charge is 0.238 e. The highest BCUT2D eigenvalue weighted by Gasteiger charge is 2.07. The molecule has 0 saturated heterocycles. The van der Waals surface area contributed by atoms with Crippen LogP contribution in [0.2, 0.25) is 0 Å². The normalized spacial score (nSPS) is 12.0. The van der Waals surface area contributed by atoms with Crippen molar-refractivity contribution in [3.63, 3.8) is 0 Å². The van der Waals surface area contributed by atoms with Gasteiger partial charge in [-0.25, -0.2) is 13.6 Å². The van der Waals surface area contributed by atoms with Crippen LogP contribution in [-0.2, 0) is 16.6 Å². The van der Waals surface area contributed by atoms with Crippen molar-refractivity contribution < 1.29 is 8.42 Å². The van der Waals surface area contributed by atoms with Gasteiger partial charge in [-0.05, 0) is 30.2 Å². The van der Waals surface area contributed by atoms with Crippen molar-refractivity contribution in [3.8, 4) is 0 Å². The summed E-state index contributed by atoms with van der Waals surface area (Å²) in [5.74, 6) is 0.702. The Labute approximate surface area is 110 Å². The fraction of sp³-hybridized carbons (Fsp3) is 0.538. The average Bonchev–Trinajstić information content (AvgIpc) is 2.34.